The zero-order valence-corrected chi connectivity index (χ0v) is 12.6. The van der Waals surface area contributed by atoms with Gasteiger partial charge in [-0.1, -0.05) is 0 Å². The Labute approximate surface area is 123 Å². The van der Waals surface area contributed by atoms with Crippen LogP contribution in [0.5, 0.6) is 0 Å². The summed E-state index contributed by atoms with van der Waals surface area (Å²) >= 11 is 0. The van der Waals surface area contributed by atoms with Gasteiger partial charge in [-0.05, 0) is 20.8 Å². The number of nitrogens with zero attached hydrogens (tertiary/aromatic N) is 1. The molecule has 21 heavy (non-hydrogen) atoms. The summed E-state index contributed by atoms with van der Waals surface area (Å²) < 4.78 is 15.5. The highest BCUT2D eigenvalue weighted by molar-refractivity contribution is 6.12. The first-order valence-electron chi connectivity index (χ1n) is 6.70. The number of imide groups is 1. The molecule has 118 valence electrons. The fourth-order valence-electron chi connectivity index (χ4n) is 1.48. The zero-order valence-electron chi connectivity index (χ0n) is 12.6. The third kappa shape index (κ3) is 7.01. The molecule has 0 N–H and O–H groups in total. The number of hydrogen-bond donors (Lipinski definition) is 0. The maximum Gasteiger partial charge on any atom is 0.308 e. The smallest absolute Gasteiger partial charge is 0.308 e. The fraction of sp³-hybridized carbons (Fsp3) is 0.643. The number of esters is 1. The topological polar surface area (TPSA) is 82.1 Å². The van der Waals surface area contributed by atoms with E-state index < -0.39 is 5.60 Å². The summed E-state index contributed by atoms with van der Waals surface area (Å²) in [4.78, 5) is 34.7. The zero-order chi connectivity index (χ0) is 15.9. The number of hydrogen-bond acceptors (Lipinski definition) is 6. The molecule has 0 aliphatic carbocycles. The van der Waals surface area contributed by atoms with Gasteiger partial charge in [0.2, 0.25) is 0 Å². The molecule has 1 heterocycles. The summed E-state index contributed by atoms with van der Waals surface area (Å²) in [6.45, 7) is 6.04. The Kier molecular flexibility index (Phi) is 6.51. The standard InChI is InChI=1S/C14H21NO6/c1-14(2,3)21-13(18)6-7-19-8-9-20-10-15-11(16)4-5-12(15)17/h4-5H,6-10H2,1-3H3. The lowest BCUT2D eigenvalue weighted by Crippen LogP contribution is -2.32. The summed E-state index contributed by atoms with van der Waals surface area (Å²) in [5, 5.41) is 0. The van der Waals surface area contributed by atoms with Gasteiger partial charge in [0, 0.05) is 12.2 Å². The van der Waals surface area contributed by atoms with Crippen LogP contribution in [0.15, 0.2) is 12.2 Å². The van der Waals surface area contributed by atoms with Crippen LogP contribution in [0.25, 0.3) is 0 Å². The van der Waals surface area contributed by atoms with Crippen LogP contribution in [0.3, 0.4) is 0 Å². The summed E-state index contributed by atoms with van der Waals surface area (Å²) in [6.07, 6.45) is 2.57. The van der Waals surface area contributed by atoms with E-state index in [-0.39, 0.29) is 50.8 Å². The highest BCUT2D eigenvalue weighted by Crippen LogP contribution is 2.08. The van der Waals surface area contributed by atoms with Gasteiger partial charge < -0.3 is 14.2 Å². The Bertz CT molecular complexity index is 406. The molecule has 0 aromatic carbocycles. The minimum atomic E-state index is -0.497. The van der Waals surface area contributed by atoms with E-state index in [4.69, 9.17) is 14.2 Å². The van der Waals surface area contributed by atoms with Gasteiger partial charge in [-0.15, -0.1) is 0 Å². The molecule has 0 spiro atoms. The van der Waals surface area contributed by atoms with Crippen LogP contribution in [0.1, 0.15) is 27.2 Å². The molecular weight excluding hydrogens is 278 g/mol. The first kappa shape index (κ1) is 17.3. The molecule has 1 rings (SSSR count). The lowest BCUT2D eigenvalue weighted by Gasteiger charge is -2.19. The highest BCUT2D eigenvalue weighted by Gasteiger charge is 2.22. The van der Waals surface area contributed by atoms with Gasteiger partial charge in [0.1, 0.15) is 12.3 Å². The van der Waals surface area contributed by atoms with Gasteiger partial charge >= 0.3 is 5.97 Å². The molecule has 0 atom stereocenters. The summed E-state index contributed by atoms with van der Waals surface area (Å²) in [5.74, 6) is -1.08. The lowest BCUT2D eigenvalue weighted by molar-refractivity contribution is -0.156. The number of carbonyl (C=O) groups excluding carboxylic acids is 3. The van der Waals surface area contributed by atoms with Crippen LogP contribution in [-0.2, 0) is 28.6 Å². The maximum absolute atomic E-state index is 11.4. The summed E-state index contributed by atoms with van der Waals surface area (Å²) in [7, 11) is 0. The quantitative estimate of drug-likeness (QED) is 0.371. The predicted octanol–water partition coefficient (Wildman–Crippen LogP) is 0.634. The lowest BCUT2D eigenvalue weighted by atomic mass is 10.2. The summed E-state index contributed by atoms with van der Waals surface area (Å²) in [5.41, 5.74) is -0.497. The average molecular weight is 299 g/mol. The molecule has 0 saturated carbocycles. The van der Waals surface area contributed by atoms with E-state index in [9.17, 15) is 14.4 Å². The molecule has 0 radical (unpaired) electrons. The third-order valence-electron chi connectivity index (χ3n) is 2.36. The van der Waals surface area contributed by atoms with Crippen LogP contribution in [-0.4, -0.2) is 54.8 Å². The van der Waals surface area contributed by atoms with Crippen LogP contribution < -0.4 is 0 Å². The monoisotopic (exact) mass is 299 g/mol. The van der Waals surface area contributed by atoms with Crippen LogP contribution in [0, 0.1) is 0 Å². The first-order valence-corrected chi connectivity index (χ1v) is 6.70. The average Bonchev–Trinajstić information content (AvgIpc) is 2.66. The Morgan fingerprint density at radius 2 is 1.62 bits per heavy atom. The van der Waals surface area contributed by atoms with E-state index in [0.29, 0.717) is 0 Å². The predicted molar refractivity (Wildman–Crippen MR) is 73.1 cm³/mol. The van der Waals surface area contributed by atoms with Crippen molar-refractivity contribution in [3.05, 3.63) is 12.2 Å². The SMILES string of the molecule is CC(C)(C)OC(=O)CCOCCOCN1C(=O)C=CC1=O. The van der Waals surface area contributed by atoms with Gasteiger partial charge in [-0.3, -0.25) is 19.3 Å². The van der Waals surface area contributed by atoms with Gasteiger partial charge in [0.25, 0.3) is 11.8 Å². The van der Waals surface area contributed by atoms with Gasteiger partial charge in [0.15, 0.2) is 0 Å². The van der Waals surface area contributed by atoms with E-state index in [0.717, 1.165) is 4.90 Å². The molecule has 0 unspecified atom stereocenters. The van der Waals surface area contributed by atoms with Crippen molar-refractivity contribution in [1.29, 1.82) is 0 Å². The molecule has 1 aliphatic rings. The molecule has 0 bridgehead atoms. The molecule has 2 amide bonds. The minimum absolute atomic E-state index is 0.0971. The van der Waals surface area contributed by atoms with Crippen LogP contribution in [0.2, 0.25) is 0 Å². The maximum atomic E-state index is 11.4. The van der Waals surface area contributed by atoms with Crippen molar-refractivity contribution in [2.24, 2.45) is 0 Å². The Balaban J connectivity index is 1.99. The largest absolute Gasteiger partial charge is 0.460 e. The second-order valence-electron chi connectivity index (χ2n) is 5.42. The van der Waals surface area contributed by atoms with Crippen molar-refractivity contribution in [3.63, 3.8) is 0 Å². The molecule has 7 heteroatoms. The molecular formula is C14H21NO6. The van der Waals surface area contributed by atoms with E-state index in [1.807, 2.05) is 0 Å². The second-order valence-corrected chi connectivity index (χ2v) is 5.42. The molecule has 0 fully saturated rings. The van der Waals surface area contributed by atoms with E-state index >= 15 is 0 Å². The number of ether oxygens (including phenoxy) is 3. The van der Waals surface area contributed by atoms with Crippen molar-refractivity contribution in [2.45, 2.75) is 32.8 Å². The number of amides is 2. The Hall–Kier alpha value is -1.73. The van der Waals surface area contributed by atoms with Crippen LogP contribution in [0.4, 0.5) is 0 Å². The van der Waals surface area contributed by atoms with E-state index in [1.165, 1.54) is 12.2 Å². The summed E-state index contributed by atoms with van der Waals surface area (Å²) in [6, 6.07) is 0. The molecule has 0 aromatic rings. The van der Waals surface area contributed by atoms with Crippen molar-refractivity contribution in [3.8, 4) is 0 Å². The first-order chi connectivity index (χ1) is 9.79. The Morgan fingerprint density at radius 1 is 1.05 bits per heavy atom. The van der Waals surface area contributed by atoms with E-state index in [2.05, 4.69) is 0 Å². The molecule has 1 aliphatic heterocycles. The van der Waals surface area contributed by atoms with Crippen molar-refractivity contribution in [1.82, 2.24) is 4.90 Å². The molecule has 0 saturated heterocycles. The fourth-order valence-corrected chi connectivity index (χ4v) is 1.48. The number of rotatable bonds is 8. The van der Waals surface area contributed by atoms with Gasteiger partial charge in [-0.25, -0.2) is 0 Å². The second kappa shape index (κ2) is 7.90. The van der Waals surface area contributed by atoms with E-state index in [1.54, 1.807) is 20.8 Å². The Morgan fingerprint density at radius 3 is 2.19 bits per heavy atom. The van der Waals surface area contributed by atoms with Crippen molar-refractivity contribution in [2.75, 3.05) is 26.6 Å². The number of carbonyl (C=O) groups is 3. The van der Waals surface area contributed by atoms with Gasteiger partial charge in [-0.2, -0.15) is 0 Å². The minimum Gasteiger partial charge on any atom is -0.460 e. The third-order valence-corrected chi connectivity index (χ3v) is 2.36. The van der Waals surface area contributed by atoms with Crippen molar-refractivity contribution >= 4 is 17.8 Å². The van der Waals surface area contributed by atoms with Crippen molar-refractivity contribution < 1.29 is 28.6 Å². The van der Waals surface area contributed by atoms with Gasteiger partial charge in [0.05, 0.1) is 26.2 Å². The molecule has 0 aromatic heterocycles. The van der Waals surface area contributed by atoms with Crippen LogP contribution >= 0.6 is 0 Å². The normalized spacial score (nSPS) is 14.9. The molecule has 7 nitrogen and oxygen atoms in total. The highest BCUT2D eigenvalue weighted by atomic mass is 16.6.